The third kappa shape index (κ3) is 3.86. The minimum absolute atomic E-state index is 0.0282. The Morgan fingerprint density at radius 3 is 2.53 bits per heavy atom. The summed E-state index contributed by atoms with van der Waals surface area (Å²) in [4.78, 5) is 10.6. The molecule has 0 aromatic carbocycles. The first-order valence-electron chi connectivity index (χ1n) is 9.78. The van der Waals surface area contributed by atoms with Crippen LogP contribution in [0.3, 0.4) is 0 Å². The van der Waals surface area contributed by atoms with E-state index in [1.54, 1.807) is 25.2 Å². The Balaban J connectivity index is 1.56. The molecule has 10 heteroatoms. The second kappa shape index (κ2) is 7.75. The van der Waals surface area contributed by atoms with Gasteiger partial charge in [0.05, 0.1) is 5.69 Å². The lowest BCUT2D eigenvalue weighted by Gasteiger charge is -2.17. The highest BCUT2D eigenvalue weighted by molar-refractivity contribution is 7.89. The van der Waals surface area contributed by atoms with E-state index >= 15 is 0 Å². The van der Waals surface area contributed by atoms with Crippen molar-refractivity contribution in [2.45, 2.75) is 51.9 Å². The largest absolute Gasteiger partial charge is 0.360 e. The summed E-state index contributed by atoms with van der Waals surface area (Å²) in [6.07, 6.45) is 0.716. The lowest BCUT2D eigenvalue weighted by atomic mass is 10.0. The maximum atomic E-state index is 13.1. The summed E-state index contributed by atoms with van der Waals surface area (Å²) in [6, 6.07) is 3.97. The van der Waals surface area contributed by atoms with Crippen LogP contribution < -0.4 is 5.32 Å². The molecule has 0 aliphatic carbocycles. The number of sulfonamides is 1. The first kappa shape index (κ1) is 21.0. The molecule has 4 rings (SSSR count). The van der Waals surface area contributed by atoms with E-state index in [4.69, 9.17) is 4.52 Å². The van der Waals surface area contributed by atoms with Gasteiger partial charge in [0.25, 0.3) is 0 Å². The highest BCUT2D eigenvalue weighted by Gasteiger charge is 2.37. The number of anilines is 2. The van der Waals surface area contributed by atoms with Gasteiger partial charge in [0.1, 0.15) is 10.6 Å². The van der Waals surface area contributed by atoms with Crippen LogP contribution in [0.15, 0.2) is 21.6 Å². The van der Waals surface area contributed by atoms with Crippen LogP contribution in [0.4, 0.5) is 10.8 Å². The van der Waals surface area contributed by atoms with Crippen molar-refractivity contribution >= 4 is 32.2 Å². The van der Waals surface area contributed by atoms with Crippen LogP contribution in [0.5, 0.6) is 0 Å². The second-order valence-corrected chi connectivity index (χ2v) is 10.8. The third-order valence-electron chi connectivity index (χ3n) is 5.39. The molecule has 0 bridgehead atoms. The molecule has 0 radical (unpaired) electrons. The van der Waals surface area contributed by atoms with Gasteiger partial charge in [-0.25, -0.2) is 13.4 Å². The fraction of sp³-hybridized carbons (Fsp3) is 0.450. The Morgan fingerprint density at radius 1 is 1.13 bits per heavy atom. The van der Waals surface area contributed by atoms with Crippen LogP contribution in [0.2, 0.25) is 0 Å². The molecule has 1 aliphatic heterocycles. The van der Waals surface area contributed by atoms with Crippen LogP contribution in [0.25, 0.3) is 0 Å². The van der Waals surface area contributed by atoms with E-state index in [1.807, 2.05) is 32.9 Å². The van der Waals surface area contributed by atoms with Gasteiger partial charge in [0.2, 0.25) is 10.0 Å². The average Bonchev–Trinajstić information content (AvgIpc) is 3.35. The van der Waals surface area contributed by atoms with E-state index in [0.717, 1.165) is 27.9 Å². The lowest BCUT2D eigenvalue weighted by Crippen LogP contribution is -2.29. The predicted molar refractivity (Wildman–Crippen MR) is 116 cm³/mol. The van der Waals surface area contributed by atoms with Crippen molar-refractivity contribution < 1.29 is 12.9 Å². The molecule has 0 unspecified atom stereocenters. The Labute approximate surface area is 180 Å². The van der Waals surface area contributed by atoms with Crippen molar-refractivity contribution in [2.75, 3.05) is 18.4 Å². The third-order valence-corrected chi connectivity index (χ3v) is 8.49. The number of thiazole rings is 1. The van der Waals surface area contributed by atoms with Crippen molar-refractivity contribution in [2.24, 2.45) is 0 Å². The zero-order chi connectivity index (χ0) is 21.6. The van der Waals surface area contributed by atoms with Crippen LogP contribution in [-0.4, -0.2) is 40.9 Å². The van der Waals surface area contributed by atoms with E-state index in [9.17, 15) is 8.42 Å². The number of pyridine rings is 1. The number of nitrogens with zero attached hydrogens (tertiary/aromatic N) is 4. The molecule has 3 aromatic rings. The van der Waals surface area contributed by atoms with Gasteiger partial charge in [-0.15, -0.1) is 11.3 Å². The summed E-state index contributed by atoms with van der Waals surface area (Å²) < 4.78 is 32.8. The van der Waals surface area contributed by atoms with Crippen LogP contribution >= 0.6 is 11.3 Å². The molecule has 4 heterocycles. The highest BCUT2D eigenvalue weighted by atomic mass is 32.2. The van der Waals surface area contributed by atoms with E-state index in [-0.39, 0.29) is 10.8 Å². The quantitative estimate of drug-likeness (QED) is 0.631. The van der Waals surface area contributed by atoms with Gasteiger partial charge < -0.3 is 9.84 Å². The van der Waals surface area contributed by atoms with Gasteiger partial charge >= 0.3 is 0 Å². The van der Waals surface area contributed by atoms with E-state index in [2.05, 4.69) is 20.4 Å². The van der Waals surface area contributed by atoms with Crippen molar-refractivity contribution in [3.63, 3.8) is 0 Å². The monoisotopic (exact) mass is 447 g/mol. The summed E-state index contributed by atoms with van der Waals surface area (Å²) in [5, 5.41) is 8.00. The zero-order valence-electron chi connectivity index (χ0n) is 17.7. The molecule has 0 amide bonds. The Hall–Kier alpha value is -2.30. The number of aryl methyl sites for hydroxylation is 5. The fourth-order valence-electron chi connectivity index (χ4n) is 3.79. The van der Waals surface area contributed by atoms with E-state index in [1.165, 1.54) is 9.18 Å². The maximum Gasteiger partial charge on any atom is 0.248 e. The molecular formula is C20H25N5O3S2. The standard InChI is InChI=1S/C20H25N5O3S2/c1-11-8-17(23-20-22-12(2)15(5)29-20)9-18(21-11)16-6-7-25(10-16)30(26,27)19-13(3)24-28-14(19)4/h8-9,16H,6-7,10H2,1-5H3,(H,21,22,23)/t16-/m0/s1. The fourth-order valence-corrected chi connectivity index (χ4v) is 6.41. The summed E-state index contributed by atoms with van der Waals surface area (Å²) >= 11 is 1.61. The summed E-state index contributed by atoms with van der Waals surface area (Å²) in [7, 11) is -3.64. The predicted octanol–water partition coefficient (Wildman–Crippen LogP) is 3.99. The van der Waals surface area contributed by atoms with Crippen molar-refractivity contribution in [3.05, 3.63) is 45.5 Å². The molecule has 1 aliphatic rings. The molecule has 8 nitrogen and oxygen atoms in total. The molecule has 160 valence electrons. The summed E-state index contributed by atoms with van der Waals surface area (Å²) in [6.45, 7) is 10.1. The van der Waals surface area contributed by atoms with Gasteiger partial charge in [-0.1, -0.05) is 5.16 Å². The van der Waals surface area contributed by atoms with Gasteiger partial charge in [-0.3, -0.25) is 4.98 Å². The minimum atomic E-state index is -3.64. The summed E-state index contributed by atoms with van der Waals surface area (Å²) in [5.41, 5.74) is 4.10. The molecule has 3 aromatic heterocycles. The molecule has 1 fully saturated rings. The first-order chi connectivity index (χ1) is 14.1. The topological polar surface area (TPSA) is 101 Å². The SMILES string of the molecule is Cc1cc(Nc2nc(C)c(C)s2)cc([C@H]2CCN(S(=O)(=O)c3c(C)noc3C)C2)n1. The first-order valence-corrected chi connectivity index (χ1v) is 12.0. The van der Waals surface area contributed by atoms with Crippen LogP contribution in [-0.2, 0) is 10.0 Å². The smallest absolute Gasteiger partial charge is 0.248 e. The van der Waals surface area contributed by atoms with E-state index < -0.39 is 10.0 Å². The molecule has 1 N–H and O–H groups in total. The van der Waals surface area contributed by atoms with Gasteiger partial charge in [-0.2, -0.15) is 4.31 Å². The van der Waals surface area contributed by atoms with Crippen molar-refractivity contribution in [3.8, 4) is 0 Å². The molecule has 1 saturated heterocycles. The molecular weight excluding hydrogens is 422 g/mol. The summed E-state index contributed by atoms with van der Waals surface area (Å²) in [5.74, 6) is 0.352. The van der Waals surface area contributed by atoms with Crippen LogP contribution in [0.1, 0.15) is 45.8 Å². The molecule has 0 spiro atoms. The Morgan fingerprint density at radius 2 is 1.90 bits per heavy atom. The average molecular weight is 448 g/mol. The van der Waals surface area contributed by atoms with Gasteiger partial charge in [0.15, 0.2) is 10.9 Å². The van der Waals surface area contributed by atoms with E-state index in [0.29, 0.717) is 31.0 Å². The number of aromatic nitrogens is 3. The van der Waals surface area contributed by atoms with Crippen LogP contribution in [0, 0.1) is 34.6 Å². The number of rotatable bonds is 5. The molecule has 1 atom stereocenters. The van der Waals surface area contributed by atoms with Gasteiger partial charge in [0, 0.05) is 41.0 Å². The number of nitrogens with one attached hydrogen (secondary N) is 1. The Kier molecular flexibility index (Phi) is 5.41. The zero-order valence-corrected chi connectivity index (χ0v) is 19.3. The maximum absolute atomic E-state index is 13.1. The van der Waals surface area contributed by atoms with Gasteiger partial charge in [-0.05, 0) is 53.2 Å². The Bertz CT molecular complexity index is 1160. The van der Waals surface area contributed by atoms with Crippen molar-refractivity contribution in [1.82, 2.24) is 19.4 Å². The second-order valence-electron chi connectivity index (χ2n) is 7.71. The molecule has 0 saturated carbocycles. The lowest BCUT2D eigenvalue weighted by molar-refractivity contribution is 0.389. The molecule has 30 heavy (non-hydrogen) atoms. The minimum Gasteiger partial charge on any atom is -0.360 e. The normalized spacial score (nSPS) is 17.6. The number of hydrogen-bond donors (Lipinski definition) is 1. The van der Waals surface area contributed by atoms with Crippen molar-refractivity contribution in [1.29, 1.82) is 0 Å². The number of hydrogen-bond acceptors (Lipinski definition) is 8. The highest BCUT2D eigenvalue weighted by Crippen LogP contribution is 2.34.